The average Bonchev–Trinajstić information content (AvgIpc) is 2.43. The third-order valence-electron chi connectivity index (χ3n) is 4.11. The van der Waals surface area contributed by atoms with Crippen LogP contribution in [0.5, 0.6) is 0 Å². The fraction of sp³-hybridized carbons (Fsp3) is 1.00. The van der Waals surface area contributed by atoms with Crippen molar-refractivity contribution in [2.75, 3.05) is 32.8 Å². The molecule has 0 aromatic heterocycles. The standard InChI is InChI=1S/C16H36N2O/c1-5-8-9-10-11-12-16(4,15-17)18(6-2)13-14-19-7-3/h5-15,17H2,1-4H3. The normalized spacial score (nSPS) is 14.8. The number of ether oxygens (including phenoxy) is 1. The maximum absolute atomic E-state index is 6.05. The van der Waals surface area contributed by atoms with E-state index in [1.54, 1.807) is 0 Å². The summed E-state index contributed by atoms with van der Waals surface area (Å²) >= 11 is 0. The molecule has 3 nitrogen and oxygen atoms in total. The van der Waals surface area contributed by atoms with Gasteiger partial charge in [-0.1, -0.05) is 46.0 Å². The Morgan fingerprint density at radius 1 is 1.05 bits per heavy atom. The third kappa shape index (κ3) is 7.91. The first-order valence-electron chi connectivity index (χ1n) is 8.17. The second kappa shape index (κ2) is 11.7. The number of nitrogens with zero attached hydrogens (tertiary/aromatic N) is 1. The molecule has 0 aliphatic carbocycles. The van der Waals surface area contributed by atoms with Crippen molar-refractivity contribution in [3.63, 3.8) is 0 Å². The van der Waals surface area contributed by atoms with Gasteiger partial charge in [0, 0.05) is 25.2 Å². The van der Waals surface area contributed by atoms with Crippen molar-refractivity contribution in [3.05, 3.63) is 0 Å². The highest BCUT2D eigenvalue weighted by molar-refractivity contribution is 4.86. The van der Waals surface area contributed by atoms with Gasteiger partial charge in [-0.05, 0) is 26.8 Å². The lowest BCUT2D eigenvalue weighted by Crippen LogP contribution is -2.52. The maximum atomic E-state index is 6.05. The molecule has 0 aromatic carbocycles. The van der Waals surface area contributed by atoms with E-state index in [-0.39, 0.29) is 5.54 Å². The minimum absolute atomic E-state index is 0.137. The van der Waals surface area contributed by atoms with E-state index in [1.165, 1.54) is 38.5 Å². The molecule has 3 heteroatoms. The Hall–Kier alpha value is -0.120. The van der Waals surface area contributed by atoms with Gasteiger partial charge in [0.05, 0.1) is 6.61 Å². The van der Waals surface area contributed by atoms with Gasteiger partial charge in [-0.3, -0.25) is 4.90 Å². The van der Waals surface area contributed by atoms with Crippen LogP contribution >= 0.6 is 0 Å². The van der Waals surface area contributed by atoms with E-state index in [4.69, 9.17) is 10.5 Å². The monoisotopic (exact) mass is 272 g/mol. The summed E-state index contributed by atoms with van der Waals surface area (Å²) < 4.78 is 5.48. The smallest absolute Gasteiger partial charge is 0.0593 e. The van der Waals surface area contributed by atoms with Crippen molar-refractivity contribution < 1.29 is 4.74 Å². The van der Waals surface area contributed by atoms with E-state index >= 15 is 0 Å². The highest BCUT2D eigenvalue weighted by Crippen LogP contribution is 2.22. The Kier molecular flexibility index (Phi) is 11.6. The maximum Gasteiger partial charge on any atom is 0.0593 e. The minimum atomic E-state index is 0.137. The van der Waals surface area contributed by atoms with E-state index in [0.717, 1.165) is 32.8 Å². The zero-order valence-electron chi connectivity index (χ0n) is 13.7. The summed E-state index contributed by atoms with van der Waals surface area (Å²) in [6.45, 7) is 13.2. The van der Waals surface area contributed by atoms with Crippen molar-refractivity contribution in [3.8, 4) is 0 Å². The van der Waals surface area contributed by atoms with Crippen LogP contribution in [-0.2, 0) is 4.74 Å². The molecule has 0 aliphatic heterocycles. The van der Waals surface area contributed by atoms with Crippen LogP contribution in [0.2, 0.25) is 0 Å². The van der Waals surface area contributed by atoms with Crippen LogP contribution in [0.1, 0.15) is 66.2 Å². The lowest BCUT2D eigenvalue weighted by Gasteiger charge is -2.40. The molecule has 0 saturated heterocycles. The second-order valence-corrected chi connectivity index (χ2v) is 5.64. The molecule has 2 N–H and O–H groups in total. The molecule has 0 aliphatic rings. The van der Waals surface area contributed by atoms with Crippen molar-refractivity contribution in [2.24, 2.45) is 5.73 Å². The van der Waals surface area contributed by atoms with E-state index in [9.17, 15) is 0 Å². The van der Waals surface area contributed by atoms with Crippen LogP contribution in [0.4, 0.5) is 0 Å². The lowest BCUT2D eigenvalue weighted by atomic mass is 9.92. The number of hydrogen-bond acceptors (Lipinski definition) is 3. The van der Waals surface area contributed by atoms with Crippen molar-refractivity contribution >= 4 is 0 Å². The molecular weight excluding hydrogens is 236 g/mol. The molecule has 0 radical (unpaired) electrons. The molecule has 1 unspecified atom stereocenters. The minimum Gasteiger partial charge on any atom is -0.380 e. The Labute approximate surface area is 120 Å². The van der Waals surface area contributed by atoms with Gasteiger partial charge >= 0.3 is 0 Å². The molecule has 19 heavy (non-hydrogen) atoms. The third-order valence-corrected chi connectivity index (χ3v) is 4.11. The summed E-state index contributed by atoms with van der Waals surface area (Å²) in [4.78, 5) is 2.49. The van der Waals surface area contributed by atoms with Crippen LogP contribution in [0.15, 0.2) is 0 Å². The molecule has 0 saturated carbocycles. The van der Waals surface area contributed by atoms with Crippen molar-refractivity contribution in [1.29, 1.82) is 0 Å². The molecule has 0 aromatic rings. The van der Waals surface area contributed by atoms with Crippen LogP contribution < -0.4 is 5.73 Å². The predicted molar refractivity (Wildman–Crippen MR) is 84.6 cm³/mol. The van der Waals surface area contributed by atoms with Gasteiger partial charge in [0.1, 0.15) is 0 Å². The quantitative estimate of drug-likeness (QED) is 0.522. The number of unbranched alkanes of at least 4 members (excludes halogenated alkanes) is 4. The summed E-state index contributed by atoms with van der Waals surface area (Å²) in [5.41, 5.74) is 6.18. The van der Waals surface area contributed by atoms with E-state index in [2.05, 4.69) is 25.7 Å². The van der Waals surface area contributed by atoms with Gasteiger partial charge in [-0.2, -0.15) is 0 Å². The zero-order valence-corrected chi connectivity index (χ0v) is 13.7. The molecule has 0 bridgehead atoms. The zero-order chi connectivity index (χ0) is 14.6. The topological polar surface area (TPSA) is 38.5 Å². The molecular formula is C16H36N2O. The summed E-state index contributed by atoms with van der Waals surface area (Å²) in [5.74, 6) is 0. The van der Waals surface area contributed by atoms with Crippen molar-refractivity contribution in [2.45, 2.75) is 71.8 Å². The average molecular weight is 272 g/mol. The molecule has 1 atom stereocenters. The SMILES string of the molecule is CCCCCCCC(C)(CN)N(CC)CCOCC. The highest BCUT2D eigenvalue weighted by Gasteiger charge is 2.28. The highest BCUT2D eigenvalue weighted by atomic mass is 16.5. The van der Waals surface area contributed by atoms with Gasteiger partial charge in [0.25, 0.3) is 0 Å². The van der Waals surface area contributed by atoms with Gasteiger partial charge in [-0.25, -0.2) is 0 Å². The van der Waals surface area contributed by atoms with E-state index in [1.807, 2.05) is 6.92 Å². The second-order valence-electron chi connectivity index (χ2n) is 5.64. The van der Waals surface area contributed by atoms with Crippen LogP contribution in [0.25, 0.3) is 0 Å². The summed E-state index contributed by atoms with van der Waals surface area (Å²) in [5, 5.41) is 0. The number of nitrogens with two attached hydrogens (primary N) is 1. The van der Waals surface area contributed by atoms with E-state index in [0.29, 0.717) is 0 Å². The fourth-order valence-electron chi connectivity index (χ4n) is 2.63. The van der Waals surface area contributed by atoms with Crippen LogP contribution in [-0.4, -0.2) is 43.3 Å². The largest absolute Gasteiger partial charge is 0.380 e. The lowest BCUT2D eigenvalue weighted by molar-refractivity contribution is 0.0550. The van der Waals surface area contributed by atoms with Gasteiger partial charge in [-0.15, -0.1) is 0 Å². The number of hydrogen-bond donors (Lipinski definition) is 1. The first kappa shape index (κ1) is 18.9. The number of rotatable bonds is 13. The molecule has 0 rings (SSSR count). The summed E-state index contributed by atoms with van der Waals surface area (Å²) in [7, 11) is 0. The van der Waals surface area contributed by atoms with Crippen molar-refractivity contribution in [1.82, 2.24) is 4.90 Å². The van der Waals surface area contributed by atoms with Crippen LogP contribution in [0.3, 0.4) is 0 Å². The Bertz CT molecular complexity index is 199. The molecule has 0 spiro atoms. The Morgan fingerprint density at radius 2 is 1.74 bits per heavy atom. The number of likely N-dealkylation sites (N-methyl/N-ethyl adjacent to an activating group) is 1. The molecule has 116 valence electrons. The molecule has 0 heterocycles. The summed E-state index contributed by atoms with van der Waals surface area (Å²) in [6, 6.07) is 0. The fourth-order valence-corrected chi connectivity index (χ4v) is 2.63. The first-order valence-corrected chi connectivity index (χ1v) is 8.17. The van der Waals surface area contributed by atoms with Gasteiger partial charge < -0.3 is 10.5 Å². The predicted octanol–water partition coefficient (Wildman–Crippen LogP) is 3.42. The molecule has 0 amide bonds. The van der Waals surface area contributed by atoms with E-state index < -0.39 is 0 Å². The van der Waals surface area contributed by atoms with Gasteiger partial charge in [0.2, 0.25) is 0 Å². The first-order chi connectivity index (χ1) is 9.14. The Morgan fingerprint density at radius 3 is 2.26 bits per heavy atom. The van der Waals surface area contributed by atoms with Crippen LogP contribution in [0, 0.1) is 0 Å². The Balaban J connectivity index is 4.12. The summed E-state index contributed by atoms with van der Waals surface area (Å²) in [6.07, 6.45) is 7.87. The molecule has 0 fully saturated rings. The van der Waals surface area contributed by atoms with Gasteiger partial charge in [0.15, 0.2) is 0 Å².